The molecule has 0 saturated heterocycles. The summed E-state index contributed by atoms with van der Waals surface area (Å²) in [6, 6.07) is 12.3. The summed E-state index contributed by atoms with van der Waals surface area (Å²) in [5, 5.41) is 3.65. The van der Waals surface area contributed by atoms with Crippen LogP contribution in [0.4, 0.5) is 5.69 Å². The SMILES string of the molecule is C=CCNc1ccc(Cl)cc1C(=O)c1ccccc1OC. The van der Waals surface area contributed by atoms with Gasteiger partial charge in [0, 0.05) is 22.8 Å². The molecular formula is C17H16ClNO2. The number of halogens is 1. The van der Waals surface area contributed by atoms with E-state index in [2.05, 4.69) is 11.9 Å². The molecule has 0 unspecified atom stereocenters. The van der Waals surface area contributed by atoms with E-state index in [1.165, 1.54) is 0 Å². The van der Waals surface area contributed by atoms with Crippen molar-refractivity contribution in [2.24, 2.45) is 0 Å². The molecule has 1 N–H and O–H groups in total. The van der Waals surface area contributed by atoms with Crippen molar-refractivity contribution in [2.45, 2.75) is 0 Å². The number of ether oxygens (including phenoxy) is 1. The van der Waals surface area contributed by atoms with Gasteiger partial charge in [0.05, 0.1) is 12.7 Å². The van der Waals surface area contributed by atoms with Crippen LogP contribution in [0, 0.1) is 0 Å². The monoisotopic (exact) mass is 301 g/mol. The van der Waals surface area contributed by atoms with Crippen LogP contribution in [0.2, 0.25) is 5.02 Å². The summed E-state index contributed by atoms with van der Waals surface area (Å²) in [5.41, 5.74) is 1.73. The van der Waals surface area contributed by atoms with Gasteiger partial charge in [-0.05, 0) is 30.3 Å². The van der Waals surface area contributed by atoms with Gasteiger partial charge in [-0.15, -0.1) is 6.58 Å². The van der Waals surface area contributed by atoms with Crippen LogP contribution in [-0.2, 0) is 0 Å². The normalized spacial score (nSPS) is 10.0. The van der Waals surface area contributed by atoms with E-state index in [1.807, 2.05) is 6.07 Å². The highest BCUT2D eigenvalue weighted by atomic mass is 35.5. The predicted molar refractivity (Wildman–Crippen MR) is 86.6 cm³/mol. The Balaban J connectivity index is 2.46. The van der Waals surface area contributed by atoms with E-state index in [-0.39, 0.29) is 5.78 Å². The molecule has 0 radical (unpaired) electrons. The van der Waals surface area contributed by atoms with Gasteiger partial charge in [0.15, 0.2) is 5.78 Å². The molecule has 0 fully saturated rings. The summed E-state index contributed by atoms with van der Waals surface area (Å²) in [7, 11) is 1.54. The van der Waals surface area contributed by atoms with Crippen molar-refractivity contribution < 1.29 is 9.53 Å². The standard InChI is InChI=1S/C17H16ClNO2/c1-3-10-19-15-9-8-12(18)11-14(15)17(20)13-6-4-5-7-16(13)21-2/h3-9,11,19H,1,10H2,2H3. The predicted octanol–water partition coefficient (Wildman–Crippen LogP) is 4.18. The van der Waals surface area contributed by atoms with Gasteiger partial charge in [0.25, 0.3) is 0 Å². The van der Waals surface area contributed by atoms with Crippen LogP contribution in [0.25, 0.3) is 0 Å². The molecule has 108 valence electrons. The van der Waals surface area contributed by atoms with Crippen LogP contribution < -0.4 is 10.1 Å². The molecule has 0 heterocycles. The van der Waals surface area contributed by atoms with Crippen LogP contribution in [-0.4, -0.2) is 19.4 Å². The number of carbonyl (C=O) groups is 1. The fourth-order valence-electron chi connectivity index (χ4n) is 2.02. The molecule has 0 amide bonds. The third-order valence-electron chi connectivity index (χ3n) is 3.01. The van der Waals surface area contributed by atoms with Crippen LogP contribution in [0.5, 0.6) is 5.75 Å². The number of para-hydroxylation sites is 1. The fraction of sp³-hybridized carbons (Fsp3) is 0.118. The van der Waals surface area contributed by atoms with E-state index in [0.717, 1.165) is 5.69 Å². The number of rotatable bonds is 6. The number of ketones is 1. The summed E-state index contributed by atoms with van der Waals surface area (Å²) in [4.78, 5) is 12.8. The lowest BCUT2D eigenvalue weighted by atomic mass is 10.0. The van der Waals surface area contributed by atoms with Crippen LogP contribution >= 0.6 is 11.6 Å². The van der Waals surface area contributed by atoms with Gasteiger partial charge in [-0.3, -0.25) is 4.79 Å². The van der Waals surface area contributed by atoms with Crippen LogP contribution in [0.1, 0.15) is 15.9 Å². The number of benzene rings is 2. The highest BCUT2D eigenvalue weighted by Gasteiger charge is 2.17. The lowest BCUT2D eigenvalue weighted by Gasteiger charge is -2.12. The summed E-state index contributed by atoms with van der Waals surface area (Å²) in [6.45, 7) is 4.22. The maximum atomic E-state index is 12.8. The van der Waals surface area contributed by atoms with Crippen molar-refractivity contribution in [2.75, 3.05) is 19.0 Å². The first kappa shape index (κ1) is 15.1. The van der Waals surface area contributed by atoms with Gasteiger partial charge in [0.1, 0.15) is 5.75 Å². The Bertz CT molecular complexity index is 668. The molecule has 0 bridgehead atoms. The van der Waals surface area contributed by atoms with Gasteiger partial charge in [-0.25, -0.2) is 0 Å². The zero-order valence-electron chi connectivity index (χ0n) is 11.7. The topological polar surface area (TPSA) is 38.3 Å². The van der Waals surface area contributed by atoms with E-state index in [0.29, 0.717) is 28.4 Å². The molecule has 0 spiro atoms. The molecule has 2 aromatic rings. The molecule has 0 atom stereocenters. The molecule has 4 heteroatoms. The van der Waals surface area contributed by atoms with Gasteiger partial charge < -0.3 is 10.1 Å². The molecule has 2 aromatic carbocycles. The van der Waals surface area contributed by atoms with Gasteiger partial charge in [-0.2, -0.15) is 0 Å². The molecule has 0 aromatic heterocycles. The van der Waals surface area contributed by atoms with E-state index in [9.17, 15) is 4.79 Å². The minimum absolute atomic E-state index is 0.137. The summed E-state index contributed by atoms with van der Waals surface area (Å²) < 4.78 is 5.25. The number of nitrogens with one attached hydrogen (secondary N) is 1. The lowest BCUT2D eigenvalue weighted by Crippen LogP contribution is -2.09. The smallest absolute Gasteiger partial charge is 0.198 e. The summed E-state index contributed by atoms with van der Waals surface area (Å²) >= 11 is 6.02. The molecule has 3 nitrogen and oxygen atoms in total. The molecule has 21 heavy (non-hydrogen) atoms. The summed E-state index contributed by atoms with van der Waals surface area (Å²) in [5.74, 6) is 0.402. The first-order valence-electron chi connectivity index (χ1n) is 6.49. The van der Waals surface area contributed by atoms with Crippen molar-refractivity contribution in [1.29, 1.82) is 0 Å². The third-order valence-corrected chi connectivity index (χ3v) is 3.25. The lowest BCUT2D eigenvalue weighted by molar-refractivity contribution is 0.103. The highest BCUT2D eigenvalue weighted by molar-refractivity contribution is 6.31. The molecule has 0 aliphatic rings. The van der Waals surface area contributed by atoms with Gasteiger partial charge in [-0.1, -0.05) is 29.8 Å². The minimum Gasteiger partial charge on any atom is -0.496 e. The highest BCUT2D eigenvalue weighted by Crippen LogP contribution is 2.27. The Morgan fingerprint density at radius 2 is 2.05 bits per heavy atom. The van der Waals surface area contributed by atoms with Crippen molar-refractivity contribution in [3.8, 4) is 5.75 Å². The number of anilines is 1. The Kier molecular flexibility index (Phi) is 5.01. The molecule has 0 aliphatic heterocycles. The van der Waals surface area contributed by atoms with Crippen LogP contribution in [0.3, 0.4) is 0 Å². The molecule has 0 saturated carbocycles. The van der Waals surface area contributed by atoms with Gasteiger partial charge in [0.2, 0.25) is 0 Å². The number of carbonyl (C=O) groups excluding carboxylic acids is 1. The van der Waals surface area contributed by atoms with Crippen molar-refractivity contribution in [3.63, 3.8) is 0 Å². The largest absolute Gasteiger partial charge is 0.496 e. The van der Waals surface area contributed by atoms with E-state index in [4.69, 9.17) is 16.3 Å². The van der Waals surface area contributed by atoms with Crippen molar-refractivity contribution in [1.82, 2.24) is 0 Å². The zero-order valence-corrected chi connectivity index (χ0v) is 12.5. The summed E-state index contributed by atoms with van der Waals surface area (Å²) in [6.07, 6.45) is 1.73. The Morgan fingerprint density at radius 1 is 1.29 bits per heavy atom. The number of hydrogen-bond acceptors (Lipinski definition) is 3. The second-order valence-corrected chi connectivity index (χ2v) is 4.83. The second-order valence-electron chi connectivity index (χ2n) is 4.39. The minimum atomic E-state index is -0.137. The maximum Gasteiger partial charge on any atom is 0.198 e. The van der Waals surface area contributed by atoms with E-state index < -0.39 is 0 Å². The number of hydrogen-bond donors (Lipinski definition) is 1. The fourth-order valence-corrected chi connectivity index (χ4v) is 2.19. The Labute approximate surface area is 129 Å². The Morgan fingerprint density at radius 3 is 2.76 bits per heavy atom. The average molecular weight is 302 g/mol. The quantitative estimate of drug-likeness (QED) is 0.642. The average Bonchev–Trinajstić information content (AvgIpc) is 2.53. The second kappa shape index (κ2) is 6.95. The first-order chi connectivity index (χ1) is 10.2. The molecule has 0 aliphatic carbocycles. The van der Waals surface area contributed by atoms with Crippen molar-refractivity contribution >= 4 is 23.1 Å². The maximum absolute atomic E-state index is 12.8. The van der Waals surface area contributed by atoms with E-state index in [1.54, 1.807) is 49.6 Å². The van der Waals surface area contributed by atoms with E-state index >= 15 is 0 Å². The van der Waals surface area contributed by atoms with Crippen molar-refractivity contribution in [3.05, 3.63) is 71.3 Å². The zero-order chi connectivity index (χ0) is 15.2. The molecule has 2 rings (SSSR count). The molecular weight excluding hydrogens is 286 g/mol. The Hall–Kier alpha value is -2.26. The first-order valence-corrected chi connectivity index (χ1v) is 6.87. The van der Waals surface area contributed by atoms with Crippen LogP contribution in [0.15, 0.2) is 55.1 Å². The third kappa shape index (κ3) is 3.44. The number of methoxy groups -OCH3 is 1. The van der Waals surface area contributed by atoms with Gasteiger partial charge >= 0.3 is 0 Å².